The molecular weight excluding hydrogens is 698 g/mol. The van der Waals surface area contributed by atoms with Gasteiger partial charge in [0.2, 0.25) is 17.6 Å². The average molecular weight is 724 g/mol. The van der Waals surface area contributed by atoms with Crippen molar-refractivity contribution in [3.63, 3.8) is 0 Å². The zero-order valence-electron chi connectivity index (χ0n) is 24.4. The van der Waals surface area contributed by atoms with Crippen LogP contribution in [0.15, 0.2) is 77.3 Å². The molecule has 11 heteroatoms. The summed E-state index contributed by atoms with van der Waals surface area (Å²) in [5.41, 5.74) is 2.85. The van der Waals surface area contributed by atoms with Gasteiger partial charge in [-0.25, -0.2) is 14.2 Å². The van der Waals surface area contributed by atoms with Gasteiger partial charge in [0, 0.05) is 33.3 Å². The van der Waals surface area contributed by atoms with E-state index in [0.29, 0.717) is 55.7 Å². The molecule has 0 spiro atoms. The van der Waals surface area contributed by atoms with E-state index in [9.17, 15) is 23.6 Å². The molecule has 46 heavy (non-hydrogen) atoms. The number of fused-ring (bicyclic) bond motifs is 2. The second kappa shape index (κ2) is 13.1. The van der Waals surface area contributed by atoms with Crippen molar-refractivity contribution in [1.82, 2.24) is 4.98 Å². The van der Waals surface area contributed by atoms with Gasteiger partial charge in [-0.3, -0.25) is 19.3 Å². The van der Waals surface area contributed by atoms with Crippen molar-refractivity contribution in [3.8, 4) is 11.3 Å². The van der Waals surface area contributed by atoms with E-state index in [0.717, 1.165) is 12.1 Å². The lowest BCUT2D eigenvalue weighted by atomic mass is 9.85. The van der Waals surface area contributed by atoms with Gasteiger partial charge in [0.15, 0.2) is 6.10 Å². The summed E-state index contributed by atoms with van der Waals surface area (Å²) in [5, 5.41) is 0.864. The van der Waals surface area contributed by atoms with Crippen LogP contribution in [0.2, 0.25) is 5.02 Å². The number of aryl methyl sites for hydroxylation is 1. The zero-order chi connectivity index (χ0) is 32.7. The number of rotatable bonds is 8. The van der Waals surface area contributed by atoms with Crippen LogP contribution in [-0.2, 0) is 14.3 Å². The topological polar surface area (TPSA) is 93.6 Å². The van der Waals surface area contributed by atoms with Crippen LogP contribution in [-0.4, -0.2) is 40.5 Å². The number of hydrogen-bond acceptors (Lipinski definition) is 6. The Balaban J connectivity index is 1.37. The second-order valence-electron chi connectivity index (χ2n) is 11.2. The highest BCUT2D eigenvalue weighted by Crippen LogP contribution is 2.39. The number of halogens is 4. The van der Waals surface area contributed by atoms with E-state index < -0.39 is 23.7 Å². The molecule has 3 atom stereocenters. The van der Waals surface area contributed by atoms with Crippen LogP contribution < -0.4 is 4.90 Å². The van der Waals surface area contributed by atoms with Gasteiger partial charge in [-0.05, 0) is 89.8 Å². The van der Waals surface area contributed by atoms with Gasteiger partial charge in [0.1, 0.15) is 5.82 Å². The second-order valence-corrected chi connectivity index (χ2v) is 12.8. The third kappa shape index (κ3) is 5.87. The number of benzene rings is 3. The first-order valence-corrected chi connectivity index (χ1v) is 16.3. The first kappa shape index (κ1) is 32.0. The van der Waals surface area contributed by atoms with Crippen LogP contribution in [0.25, 0.3) is 22.2 Å². The van der Waals surface area contributed by atoms with Crippen LogP contribution >= 0.6 is 39.1 Å². The van der Waals surface area contributed by atoms with Crippen LogP contribution in [0, 0.1) is 24.6 Å². The number of amides is 2. The number of carbonyl (C=O) groups excluding carboxylic acids is 4. The normalized spacial score (nSPS) is 18.2. The maximum Gasteiger partial charge on any atom is 0.339 e. The molecule has 0 bridgehead atoms. The molecule has 3 unspecified atom stereocenters. The molecule has 1 aliphatic heterocycles. The number of allylic oxidation sites excluding steroid dienone is 2. The number of nitrogens with zero attached hydrogens (tertiary/aromatic N) is 2. The fraction of sp³-hybridized carbons (Fsp3) is 0.229. The maximum atomic E-state index is 13.8. The number of imide groups is 1. The van der Waals surface area contributed by atoms with Crippen molar-refractivity contribution in [2.45, 2.75) is 32.3 Å². The van der Waals surface area contributed by atoms with Gasteiger partial charge in [0.25, 0.3) is 0 Å². The summed E-state index contributed by atoms with van der Waals surface area (Å²) in [6, 6.07) is 15.0. The molecule has 7 nitrogen and oxygen atoms in total. The van der Waals surface area contributed by atoms with Gasteiger partial charge in [0.05, 0.1) is 39.3 Å². The van der Waals surface area contributed by atoms with Crippen molar-refractivity contribution < 1.29 is 28.3 Å². The van der Waals surface area contributed by atoms with Gasteiger partial charge < -0.3 is 4.74 Å². The van der Waals surface area contributed by atoms with Gasteiger partial charge >= 0.3 is 5.97 Å². The molecule has 1 aromatic heterocycles. The lowest BCUT2D eigenvalue weighted by Crippen LogP contribution is -2.30. The Morgan fingerprint density at radius 1 is 1.02 bits per heavy atom. The molecule has 1 fully saturated rings. The van der Waals surface area contributed by atoms with Gasteiger partial charge in [-0.1, -0.05) is 35.9 Å². The van der Waals surface area contributed by atoms with Crippen molar-refractivity contribution in [2.24, 2.45) is 11.8 Å². The summed E-state index contributed by atoms with van der Waals surface area (Å²) in [6.07, 6.45) is 3.80. The van der Waals surface area contributed by atoms with E-state index in [1.54, 1.807) is 43.3 Å². The molecule has 1 saturated heterocycles. The van der Waals surface area contributed by atoms with Crippen molar-refractivity contribution >= 4 is 79.3 Å². The standard InChI is InChI=1S/C35H26BrCl2FN2O5/c1-18-30(38)27(36)16-25-26(35(45)46-29(14-15-37)32(42)20-6-10-21(39)11-7-20)17-28(40-31(18)25)19-8-12-22(13-9-19)41-33(43)23-4-2-3-5-24(23)34(41)44/h2-3,6-13,16-17,23-24,29H,4-5,14-15H2,1H3. The van der Waals surface area contributed by atoms with E-state index in [2.05, 4.69) is 15.9 Å². The quantitative estimate of drug-likeness (QED) is 0.0598. The van der Waals surface area contributed by atoms with Crippen molar-refractivity contribution in [1.29, 1.82) is 0 Å². The Kier molecular flexibility index (Phi) is 9.10. The van der Waals surface area contributed by atoms with Crippen LogP contribution in [0.3, 0.4) is 0 Å². The fourth-order valence-corrected chi connectivity index (χ4v) is 6.82. The predicted octanol–water partition coefficient (Wildman–Crippen LogP) is 8.26. The molecular formula is C35H26BrCl2FN2O5. The van der Waals surface area contributed by atoms with E-state index in [1.165, 1.54) is 17.0 Å². The summed E-state index contributed by atoms with van der Waals surface area (Å²) in [7, 11) is 0. The highest BCUT2D eigenvalue weighted by atomic mass is 79.9. The van der Waals surface area contributed by atoms with Crippen molar-refractivity contribution in [3.05, 3.63) is 105 Å². The molecule has 4 aromatic rings. The number of Topliss-reactive ketones (excluding diaryl/α,β-unsaturated/α-hetero) is 1. The number of esters is 1. The molecule has 0 saturated carbocycles. The molecule has 2 heterocycles. The minimum atomic E-state index is -1.22. The third-order valence-electron chi connectivity index (χ3n) is 8.41. The lowest BCUT2D eigenvalue weighted by molar-refractivity contribution is -0.122. The fourth-order valence-electron chi connectivity index (χ4n) is 5.95. The third-order valence-corrected chi connectivity index (χ3v) is 9.97. The van der Waals surface area contributed by atoms with Gasteiger partial charge in [-0.2, -0.15) is 0 Å². The van der Waals surface area contributed by atoms with Gasteiger partial charge in [-0.15, -0.1) is 11.6 Å². The summed E-state index contributed by atoms with van der Waals surface area (Å²) in [6.45, 7) is 1.78. The SMILES string of the molecule is Cc1c(Cl)c(Br)cc2c(C(=O)OC(CCCl)C(=O)c3ccc(F)cc3)cc(-c3ccc(N4C(=O)C5CC=CCC5C4=O)cc3)nc12. The number of ether oxygens (including phenoxy) is 1. The Labute approximate surface area is 282 Å². The van der Waals surface area contributed by atoms with Crippen molar-refractivity contribution in [2.75, 3.05) is 10.8 Å². The summed E-state index contributed by atoms with van der Waals surface area (Å²) < 4.78 is 19.8. The summed E-state index contributed by atoms with van der Waals surface area (Å²) in [4.78, 5) is 59.3. The first-order chi connectivity index (χ1) is 22.1. The Hall–Kier alpha value is -3.92. The number of alkyl halides is 1. The maximum absolute atomic E-state index is 13.8. The number of aromatic nitrogens is 1. The molecule has 2 amide bonds. The molecule has 234 valence electrons. The Bertz CT molecular complexity index is 1900. The zero-order valence-corrected chi connectivity index (χ0v) is 27.5. The predicted molar refractivity (Wildman–Crippen MR) is 178 cm³/mol. The molecule has 0 radical (unpaired) electrons. The highest BCUT2D eigenvalue weighted by molar-refractivity contribution is 9.10. The Morgan fingerprint density at radius 2 is 1.65 bits per heavy atom. The minimum Gasteiger partial charge on any atom is -0.450 e. The van der Waals surface area contributed by atoms with Crippen LogP contribution in [0.5, 0.6) is 0 Å². The molecule has 3 aromatic carbocycles. The molecule has 0 N–H and O–H groups in total. The lowest BCUT2D eigenvalue weighted by Gasteiger charge is -2.18. The summed E-state index contributed by atoms with van der Waals surface area (Å²) >= 11 is 16.0. The van der Waals surface area contributed by atoms with E-state index in [4.69, 9.17) is 32.9 Å². The van der Waals surface area contributed by atoms with E-state index in [-0.39, 0.29) is 47.1 Å². The molecule has 1 aliphatic carbocycles. The number of carbonyl (C=O) groups is 4. The van der Waals surface area contributed by atoms with Crippen LogP contribution in [0.4, 0.5) is 10.1 Å². The smallest absolute Gasteiger partial charge is 0.339 e. The number of pyridine rings is 1. The van der Waals surface area contributed by atoms with E-state index >= 15 is 0 Å². The average Bonchev–Trinajstić information content (AvgIpc) is 3.32. The Morgan fingerprint density at radius 3 is 2.26 bits per heavy atom. The number of hydrogen-bond donors (Lipinski definition) is 0. The monoisotopic (exact) mass is 722 g/mol. The molecule has 6 rings (SSSR count). The van der Waals surface area contributed by atoms with E-state index in [1.807, 2.05) is 12.2 Å². The van der Waals surface area contributed by atoms with Crippen LogP contribution in [0.1, 0.15) is 45.5 Å². The highest BCUT2D eigenvalue weighted by Gasteiger charge is 2.47. The summed E-state index contributed by atoms with van der Waals surface area (Å²) in [5.74, 6) is -2.87. The largest absolute Gasteiger partial charge is 0.450 e. The minimum absolute atomic E-state index is 0.0415. The number of anilines is 1. The molecule has 2 aliphatic rings. The number of ketones is 1. The first-order valence-electron chi connectivity index (χ1n) is 14.6.